The summed E-state index contributed by atoms with van der Waals surface area (Å²) in [6, 6.07) is 10.7. The second-order valence-corrected chi connectivity index (χ2v) is 11.9. The Labute approximate surface area is 206 Å². The highest BCUT2D eigenvalue weighted by atomic mass is 35.5. The number of rotatable bonds is 7. The Kier molecular flexibility index (Phi) is 6.61. The third-order valence-electron chi connectivity index (χ3n) is 7.07. The summed E-state index contributed by atoms with van der Waals surface area (Å²) in [5, 5.41) is 3.01. The standard InChI is InChI=1S/C25H31ClN2O5S/c1-16(2)25-13-12-24(4,33-25)22(14-25)32-21-7-5-6-20(26)19(21)15-27-23(29)28-34(30,31)18-10-8-17(3)9-11-18/h5-11,16,22H,12-15H2,1-4H3,(H2,27,28,29). The molecule has 3 atom stereocenters. The van der Waals surface area contributed by atoms with Crippen molar-refractivity contribution in [2.24, 2.45) is 5.92 Å². The second-order valence-electron chi connectivity index (χ2n) is 9.76. The summed E-state index contributed by atoms with van der Waals surface area (Å²) in [6.45, 7) is 8.29. The highest BCUT2D eigenvalue weighted by Gasteiger charge is 2.61. The van der Waals surface area contributed by atoms with Gasteiger partial charge in [0.25, 0.3) is 10.0 Å². The summed E-state index contributed by atoms with van der Waals surface area (Å²) >= 11 is 6.43. The fourth-order valence-corrected chi connectivity index (χ4v) is 5.97. The molecule has 2 aromatic rings. The SMILES string of the molecule is Cc1ccc(S(=O)(=O)NC(=O)NCc2c(Cl)cccc2OC2CC3(C(C)C)CCC2(C)O3)cc1. The number of benzene rings is 2. The molecular weight excluding hydrogens is 476 g/mol. The smallest absolute Gasteiger partial charge is 0.328 e. The Hall–Kier alpha value is -2.29. The molecule has 2 aliphatic rings. The predicted molar refractivity (Wildman–Crippen MR) is 131 cm³/mol. The van der Waals surface area contributed by atoms with E-state index in [1.165, 1.54) is 12.1 Å². The molecular formula is C25H31ClN2O5S. The average molecular weight is 507 g/mol. The van der Waals surface area contributed by atoms with Crippen LogP contribution >= 0.6 is 11.6 Å². The summed E-state index contributed by atoms with van der Waals surface area (Å²) < 4.78 is 39.9. The van der Waals surface area contributed by atoms with Gasteiger partial charge in [-0.1, -0.05) is 49.2 Å². The maximum atomic E-state index is 12.5. The molecule has 9 heteroatoms. The monoisotopic (exact) mass is 506 g/mol. The number of urea groups is 1. The number of hydrogen-bond donors (Lipinski definition) is 2. The van der Waals surface area contributed by atoms with E-state index in [0.717, 1.165) is 24.8 Å². The molecule has 7 nitrogen and oxygen atoms in total. The Morgan fingerprint density at radius 1 is 1.21 bits per heavy atom. The van der Waals surface area contributed by atoms with Gasteiger partial charge in [-0.25, -0.2) is 17.9 Å². The van der Waals surface area contributed by atoms with Gasteiger partial charge in [0.15, 0.2) is 0 Å². The molecule has 0 spiro atoms. The Balaban J connectivity index is 1.45. The fourth-order valence-electron chi connectivity index (χ4n) is 4.81. The normalized spacial score (nSPS) is 26.0. The van der Waals surface area contributed by atoms with Gasteiger partial charge in [-0.15, -0.1) is 0 Å². The Morgan fingerprint density at radius 3 is 2.56 bits per heavy atom. The van der Waals surface area contributed by atoms with Gasteiger partial charge in [-0.3, -0.25) is 0 Å². The number of halogens is 1. The molecule has 2 heterocycles. The van der Waals surface area contributed by atoms with Gasteiger partial charge in [0, 0.05) is 23.6 Å². The van der Waals surface area contributed by atoms with Crippen LogP contribution in [0.15, 0.2) is 47.4 Å². The van der Waals surface area contributed by atoms with Crippen LogP contribution in [0.4, 0.5) is 4.79 Å². The van der Waals surface area contributed by atoms with Crippen LogP contribution in [0, 0.1) is 12.8 Å². The van der Waals surface area contributed by atoms with Gasteiger partial charge in [-0.05, 0) is 56.9 Å². The number of amides is 2. The molecule has 2 amide bonds. The van der Waals surface area contributed by atoms with E-state index in [1.807, 2.05) is 11.6 Å². The Morgan fingerprint density at radius 2 is 1.91 bits per heavy atom. The van der Waals surface area contributed by atoms with E-state index in [0.29, 0.717) is 22.3 Å². The zero-order valence-electron chi connectivity index (χ0n) is 19.9. The van der Waals surface area contributed by atoms with E-state index in [9.17, 15) is 13.2 Å². The van der Waals surface area contributed by atoms with Crippen molar-refractivity contribution in [1.29, 1.82) is 0 Å². The lowest BCUT2D eigenvalue weighted by atomic mass is 9.75. The van der Waals surface area contributed by atoms with E-state index < -0.39 is 16.1 Å². The number of ether oxygens (including phenoxy) is 2. The van der Waals surface area contributed by atoms with E-state index in [2.05, 4.69) is 26.1 Å². The lowest BCUT2D eigenvalue weighted by Gasteiger charge is -2.32. The number of fused-ring (bicyclic) bond motifs is 2. The average Bonchev–Trinajstić information content (AvgIpc) is 3.25. The summed E-state index contributed by atoms with van der Waals surface area (Å²) in [6.07, 6.45) is 2.58. The van der Waals surface area contributed by atoms with Crippen LogP contribution in [0.3, 0.4) is 0 Å². The summed E-state index contributed by atoms with van der Waals surface area (Å²) in [5.41, 5.74) is 0.943. The van der Waals surface area contributed by atoms with E-state index in [-0.39, 0.29) is 28.7 Å². The van der Waals surface area contributed by atoms with Crippen LogP contribution < -0.4 is 14.8 Å². The molecule has 2 aliphatic heterocycles. The van der Waals surface area contributed by atoms with Crippen molar-refractivity contribution in [3.8, 4) is 5.75 Å². The van der Waals surface area contributed by atoms with Crippen molar-refractivity contribution in [2.75, 3.05) is 0 Å². The zero-order valence-corrected chi connectivity index (χ0v) is 21.4. The minimum absolute atomic E-state index is 0.00384. The molecule has 34 heavy (non-hydrogen) atoms. The van der Waals surface area contributed by atoms with Crippen LogP contribution in [0.1, 0.15) is 51.2 Å². The minimum Gasteiger partial charge on any atom is -0.487 e. The third kappa shape index (κ3) is 4.76. The summed E-state index contributed by atoms with van der Waals surface area (Å²) in [7, 11) is -3.99. The molecule has 4 rings (SSSR count). The number of aryl methyl sites for hydroxylation is 1. The number of nitrogens with one attached hydrogen (secondary N) is 2. The zero-order chi connectivity index (χ0) is 24.7. The van der Waals surface area contributed by atoms with Gasteiger partial charge < -0.3 is 14.8 Å². The molecule has 2 aromatic carbocycles. The van der Waals surface area contributed by atoms with Gasteiger partial charge in [0.2, 0.25) is 0 Å². The van der Waals surface area contributed by atoms with Crippen LogP contribution in [0.5, 0.6) is 5.75 Å². The molecule has 2 N–H and O–H groups in total. The first-order chi connectivity index (χ1) is 15.9. The van der Waals surface area contributed by atoms with Crippen LogP contribution in [-0.4, -0.2) is 31.8 Å². The van der Waals surface area contributed by atoms with Crippen LogP contribution in [0.25, 0.3) is 0 Å². The topological polar surface area (TPSA) is 93.7 Å². The van der Waals surface area contributed by atoms with Crippen molar-refractivity contribution in [1.82, 2.24) is 10.0 Å². The van der Waals surface area contributed by atoms with Crippen molar-refractivity contribution >= 4 is 27.7 Å². The minimum atomic E-state index is -3.99. The largest absolute Gasteiger partial charge is 0.487 e. The van der Waals surface area contributed by atoms with Crippen molar-refractivity contribution in [3.63, 3.8) is 0 Å². The highest BCUT2D eigenvalue weighted by Crippen LogP contribution is 2.55. The molecule has 184 valence electrons. The molecule has 2 bridgehead atoms. The lowest BCUT2D eigenvalue weighted by molar-refractivity contribution is -0.0770. The first-order valence-corrected chi connectivity index (χ1v) is 13.3. The van der Waals surface area contributed by atoms with E-state index in [1.54, 1.807) is 30.3 Å². The van der Waals surface area contributed by atoms with Crippen LogP contribution in [-0.2, 0) is 21.3 Å². The maximum Gasteiger partial charge on any atom is 0.328 e. The summed E-state index contributed by atoms with van der Waals surface area (Å²) in [5.74, 6) is 0.929. The predicted octanol–water partition coefficient (Wildman–Crippen LogP) is 4.95. The van der Waals surface area contributed by atoms with Crippen LogP contribution in [0.2, 0.25) is 5.02 Å². The van der Waals surface area contributed by atoms with E-state index in [4.69, 9.17) is 21.1 Å². The molecule has 2 saturated heterocycles. The number of sulfonamides is 1. The third-order valence-corrected chi connectivity index (χ3v) is 8.78. The van der Waals surface area contributed by atoms with Crippen molar-refractivity contribution < 1.29 is 22.7 Å². The molecule has 2 fully saturated rings. The van der Waals surface area contributed by atoms with Gasteiger partial charge in [0.1, 0.15) is 17.5 Å². The Bertz CT molecular complexity index is 1180. The number of hydrogen-bond acceptors (Lipinski definition) is 5. The highest BCUT2D eigenvalue weighted by molar-refractivity contribution is 7.90. The number of carbonyl (C=O) groups is 1. The first kappa shape index (κ1) is 24.8. The maximum absolute atomic E-state index is 12.5. The number of carbonyl (C=O) groups excluding carboxylic acids is 1. The van der Waals surface area contributed by atoms with Gasteiger partial charge in [0.05, 0.1) is 10.5 Å². The second kappa shape index (κ2) is 9.06. The van der Waals surface area contributed by atoms with Gasteiger partial charge >= 0.3 is 6.03 Å². The molecule has 0 aliphatic carbocycles. The fraction of sp³-hybridized carbons (Fsp3) is 0.480. The molecule has 0 radical (unpaired) electrons. The first-order valence-electron chi connectivity index (χ1n) is 11.5. The lowest BCUT2D eigenvalue weighted by Crippen LogP contribution is -2.41. The van der Waals surface area contributed by atoms with Gasteiger partial charge in [-0.2, -0.15) is 0 Å². The molecule has 3 unspecified atom stereocenters. The molecule has 0 saturated carbocycles. The van der Waals surface area contributed by atoms with Crippen molar-refractivity contribution in [2.45, 2.75) is 75.7 Å². The van der Waals surface area contributed by atoms with Crippen molar-refractivity contribution in [3.05, 3.63) is 58.6 Å². The van der Waals surface area contributed by atoms with E-state index >= 15 is 0 Å². The molecule has 0 aromatic heterocycles. The quantitative estimate of drug-likeness (QED) is 0.554. The summed E-state index contributed by atoms with van der Waals surface area (Å²) in [4.78, 5) is 12.4.